The van der Waals surface area contributed by atoms with Gasteiger partial charge in [0, 0.05) is 20.1 Å². The third-order valence-corrected chi connectivity index (χ3v) is 4.48. The number of rotatable bonds is 6. The van der Waals surface area contributed by atoms with Gasteiger partial charge in [0.25, 0.3) is 0 Å². The first-order valence-electron chi connectivity index (χ1n) is 8.40. The van der Waals surface area contributed by atoms with Crippen LogP contribution in [-0.4, -0.2) is 62.1 Å². The molecule has 0 unspecified atom stereocenters. The molecule has 1 aliphatic heterocycles. The SMILES string of the molecule is COC(=O)NCC(=O)N(C)CC1CCN(Cc2ccccc2)CC1. The summed E-state index contributed by atoms with van der Waals surface area (Å²) < 4.78 is 4.46. The molecule has 1 heterocycles. The molecule has 0 radical (unpaired) electrons. The number of nitrogens with one attached hydrogen (secondary N) is 1. The second-order valence-corrected chi connectivity index (χ2v) is 6.32. The molecule has 1 aliphatic rings. The van der Waals surface area contributed by atoms with E-state index >= 15 is 0 Å². The number of likely N-dealkylation sites (N-methyl/N-ethyl adjacent to an activating group) is 1. The van der Waals surface area contributed by atoms with Crippen molar-refractivity contribution in [2.24, 2.45) is 5.92 Å². The topological polar surface area (TPSA) is 61.9 Å². The van der Waals surface area contributed by atoms with Crippen molar-refractivity contribution in [1.29, 1.82) is 0 Å². The van der Waals surface area contributed by atoms with Crippen LogP contribution in [0.3, 0.4) is 0 Å². The molecule has 24 heavy (non-hydrogen) atoms. The fourth-order valence-corrected chi connectivity index (χ4v) is 3.01. The van der Waals surface area contributed by atoms with Crippen molar-refractivity contribution in [3.05, 3.63) is 35.9 Å². The zero-order valence-corrected chi connectivity index (χ0v) is 14.5. The maximum absolute atomic E-state index is 12.0. The summed E-state index contributed by atoms with van der Waals surface area (Å²) in [5.74, 6) is 0.427. The van der Waals surface area contributed by atoms with Crippen molar-refractivity contribution < 1.29 is 14.3 Å². The summed E-state index contributed by atoms with van der Waals surface area (Å²) in [6, 6.07) is 10.5. The van der Waals surface area contributed by atoms with Crippen LogP contribution in [-0.2, 0) is 16.1 Å². The summed E-state index contributed by atoms with van der Waals surface area (Å²) in [6.45, 7) is 3.83. The Labute approximate surface area is 143 Å². The summed E-state index contributed by atoms with van der Waals surface area (Å²) in [4.78, 5) is 27.2. The van der Waals surface area contributed by atoms with Gasteiger partial charge in [-0.05, 0) is 37.4 Å². The highest BCUT2D eigenvalue weighted by molar-refractivity contribution is 5.81. The summed E-state index contributed by atoms with van der Waals surface area (Å²) in [6.07, 6.45) is 1.61. The Hall–Kier alpha value is -2.08. The van der Waals surface area contributed by atoms with Crippen molar-refractivity contribution in [3.63, 3.8) is 0 Å². The van der Waals surface area contributed by atoms with Gasteiger partial charge >= 0.3 is 6.09 Å². The minimum atomic E-state index is -0.578. The largest absolute Gasteiger partial charge is 0.453 e. The van der Waals surface area contributed by atoms with Crippen LogP contribution in [0.15, 0.2) is 30.3 Å². The second kappa shape index (κ2) is 9.27. The van der Waals surface area contributed by atoms with Crippen molar-refractivity contribution >= 4 is 12.0 Å². The molecule has 132 valence electrons. The van der Waals surface area contributed by atoms with E-state index in [-0.39, 0.29) is 12.5 Å². The number of likely N-dealkylation sites (tertiary alicyclic amines) is 1. The summed E-state index contributed by atoms with van der Waals surface area (Å²) in [5, 5.41) is 2.42. The van der Waals surface area contributed by atoms with Crippen LogP contribution in [0, 0.1) is 5.92 Å². The van der Waals surface area contributed by atoms with Crippen molar-refractivity contribution in [2.45, 2.75) is 19.4 Å². The zero-order chi connectivity index (χ0) is 17.4. The second-order valence-electron chi connectivity index (χ2n) is 6.32. The van der Waals surface area contributed by atoms with Crippen LogP contribution < -0.4 is 5.32 Å². The van der Waals surface area contributed by atoms with Crippen LogP contribution in [0.25, 0.3) is 0 Å². The van der Waals surface area contributed by atoms with Gasteiger partial charge in [-0.15, -0.1) is 0 Å². The lowest BCUT2D eigenvalue weighted by Gasteiger charge is -2.34. The minimum absolute atomic E-state index is 0.0178. The van der Waals surface area contributed by atoms with Crippen LogP contribution in [0.5, 0.6) is 0 Å². The fourth-order valence-electron chi connectivity index (χ4n) is 3.01. The van der Waals surface area contributed by atoms with Gasteiger partial charge in [0.05, 0.1) is 7.11 Å². The van der Waals surface area contributed by atoms with Gasteiger partial charge < -0.3 is 15.0 Å². The first kappa shape index (κ1) is 18.3. The van der Waals surface area contributed by atoms with Gasteiger partial charge in [-0.2, -0.15) is 0 Å². The number of carbonyl (C=O) groups is 2. The number of piperidine rings is 1. The monoisotopic (exact) mass is 333 g/mol. The number of amides is 2. The lowest BCUT2D eigenvalue weighted by Crippen LogP contribution is -2.42. The highest BCUT2D eigenvalue weighted by atomic mass is 16.5. The van der Waals surface area contributed by atoms with Crippen LogP contribution in [0.1, 0.15) is 18.4 Å². The Balaban J connectivity index is 1.68. The van der Waals surface area contributed by atoms with Gasteiger partial charge in [-0.25, -0.2) is 4.79 Å². The molecule has 6 heteroatoms. The molecule has 1 fully saturated rings. The molecule has 6 nitrogen and oxygen atoms in total. The van der Waals surface area contributed by atoms with Gasteiger partial charge in [-0.1, -0.05) is 30.3 Å². The third kappa shape index (κ3) is 5.85. The summed E-state index contributed by atoms with van der Waals surface area (Å²) in [5.41, 5.74) is 1.34. The Morgan fingerprint density at radius 2 is 1.92 bits per heavy atom. The Bertz CT molecular complexity index is 528. The smallest absolute Gasteiger partial charge is 0.407 e. The molecule has 1 aromatic rings. The van der Waals surface area contributed by atoms with E-state index in [4.69, 9.17) is 0 Å². The molecule has 0 saturated carbocycles. The van der Waals surface area contributed by atoms with E-state index in [2.05, 4.69) is 39.2 Å². The molecule has 0 bridgehead atoms. The standard InChI is InChI=1S/C18H27N3O3/c1-20(17(22)12-19-18(23)24-2)13-16-8-10-21(11-9-16)14-15-6-4-3-5-7-15/h3-7,16H,8-14H2,1-2H3,(H,19,23). The van der Waals surface area contributed by atoms with Crippen LogP contribution in [0.2, 0.25) is 0 Å². The molecule has 1 aromatic carbocycles. The predicted octanol–water partition coefficient (Wildman–Crippen LogP) is 1.71. The quantitative estimate of drug-likeness (QED) is 0.861. The van der Waals surface area contributed by atoms with E-state index in [9.17, 15) is 9.59 Å². The Morgan fingerprint density at radius 1 is 1.25 bits per heavy atom. The maximum Gasteiger partial charge on any atom is 0.407 e. The average molecular weight is 333 g/mol. The van der Waals surface area contributed by atoms with Gasteiger partial charge in [0.2, 0.25) is 5.91 Å². The average Bonchev–Trinajstić information content (AvgIpc) is 2.61. The van der Waals surface area contributed by atoms with Crippen LogP contribution >= 0.6 is 0 Å². The van der Waals surface area contributed by atoms with E-state index < -0.39 is 6.09 Å². The van der Waals surface area contributed by atoms with Gasteiger partial charge in [0.1, 0.15) is 6.54 Å². The van der Waals surface area contributed by atoms with Crippen molar-refractivity contribution in [3.8, 4) is 0 Å². The van der Waals surface area contributed by atoms with E-state index in [1.165, 1.54) is 12.7 Å². The summed E-state index contributed by atoms with van der Waals surface area (Å²) in [7, 11) is 3.07. The molecule has 2 amide bonds. The number of methoxy groups -OCH3 is 1. The predicted molar refractivity (Wildman–Crippen MR) is 92.5 cm³/mol. The fraction of sp³-hybridized carbons (Fsp3) is 0.556. The first-order chi connectivity index (χ1) is 11.6. The number of hydrogen-bond donors (Lipinski definition) is 1. The number of benzene rings is 1. The van der Waals surface area contributed by atoms with Crippen molar-refractivity contribution in [2.75, 3.05) is 40.3 Å². The zero-order valence-electron chi connectivity index (χ0n) is 14.5. The molecule has 1 N–H and O–H groups in total. The number of nitrogens with zero attached hydrogens (tertiary/aromatic N) is 2. The van der Waals surface area contributed by atoms with E-state index in [0.717, 1.165) is 39.0 Å². The normalized spacial score (nSPS) is 15.8. The van der Waals surface area contributed by atoms with Gasteiger partial charge in [-0.3, -0.25) is 9.69 Å². The minimum Gasteiger partial charge on any atom is -0.453 e. The molecule has 0 aromatic heterocycles. The maximum atomic E-state index is 12.0. The highest BCUT2D eigenvalue weighted by Gasteiger charge is 2.22. The molecule has 1 saturated heterocycles. The van der Waals surface area contributed by atoms with Gasteiger partial charge in [0.15, 0.2) is 0 Å². The Kier molecular flexibility index (Phi) is 7.06. The molecule has 0 atom stereocenters. The number of carbonyl (C=O) groups excluding carboxylic acids is 2. The van der Waals surface area contributed by atoms with E-state index in [1.807, 2.05) is 6.07 Å². The van der Waals surface area contributed by atoms with E-state index in [1.54, 1.807) is 11.9 Å². The molecular weight excluding hydrogens is 306 g/mol. The highest BCUT2D eigenvalue weighted by Crippen LogP contribution is 2.19. The summed E-state index contributed by atoms with van der Waals surface area (Å²) >= 11 is 0. The first-order valence-corrected chi connectivity index (χ1v) is 8.40. The molecule has 0 spiro atoms. The molecular formula is C18H27N3O3. The lowest BCUT2D eigenvalue weighted by molar-refractivity contribution is -0.129. The number of hydrogen-bond acceptors (Lipinski definition) is 4. The van der Waals surface area contributed by atoms with Crippen molar-refractivity contribution in [1.82, 2.24) is 15.1 Å². The molecule has 0 aliphatic carbocycles. The van der Waals surface area contributed by atoms with Crippen LogP contribution in [0.4, 0.5) is 4.79 Å². The number of alkyl carbamates (subject to hydrolysis) is 1. The Morgan fingerprint density at radius 3 is 2.54 bits per heavy atom. The number of ether oxygens (including phenoxy) is 1. The van der Waals surface area contributed by atoms with E-state index in [0.29, 0.717) is 5.92 Å². The third-order valence-electron chi connectivity index (χ3n) is 4.48. The lowest BCUT2D eigenvalue weighted by atomic mass is 9.96. The molecule has 2 rings (SSSR count).